The number of pyridine rings is 5. The molecule has 7 aromatic carbocycles. The maximum atomic E-state index is 6.21. The summed E-state index contributed by atoms with van der Waals surface area (Å²) in [5, 5.41) is 81.8. The number of para-hydroxylation sites is 2. The van der Waals surface area contributed by atoms with Crippen LogP contribution >= 0.6 is 0 Å². The third-order valence-electron chi connectivity index (χ3n) is 24.8. The van der Waals surface area contributed by atoms with Gasteiger partial charge in [0, 0.05) is 125 Å². The SMILES string of the molecule is CN1C=CC=C(c2nn(C)c3cc(Nc4n[nH]c5cccnc45)ccc23)C1.Cc1ccccc1OCCOc1nn(C)c2cc(Nc3n[nH]c4cccnc34)ccc12.Cn1nc(C2=CCCC2)c2ccc(Nc3n[nH]c4cccnc34)cc21.Cn1nc(OC2CCCCC2)c2ccc(Nc3n[nH]c4cccnc34)cc21.Cn1nc(OCCCOc2ccccc2)c2ccc(Nc3n[nH]c4cccnc34)cc21. The van der Waals surface area contributed by atoms with Crippen LogP contribution in [0, 0.1) is 6.92 Å². The second-order valence-corrected chi connectivity index (χ2v) is 34.6. The molecular formula is C105H103N31O5. The lowest BCUT2D eigenvalue weighted by molar-refractivity contribution is 0.149. The molecule has 15 aromatic heterocycles. The average Bonchev–Trinajstić information content (AvgIpc) is 1.63. The molecule has 0 saturated heterocycles. The third kappa shape index (κ3) is 19.8. The Morgan fingerprint density at radius 2 is 0.730 bits per heavy atom. The summed E-state index contributed by atoms with van der Waals surface area (Å²) < 4.78 is 38.9. The van der Waals surface area contributed by atoms with E-state index in [0.29, 0.717) is 61.5 Å². The number of fused-ring (bicyclic) bond motifs is 10. The quantitative estimate of drug-likeness (QED) is 0.0238. The fourth-order valence-corrected chi connectivity index (χ4v) is 17.7. The van der Waals surface area contributed by atoms with Gasteiger partial charge in [0.2, 0.25) is 17.6 Å². The van der Waals surface area contributed by atoms with Crippen molar-refractivity contribution in [3.8, 4) is 29.1 Å². The molecule has 2 aliphatic carbocycles. The van der Waals surface area contributed by atoms with Crippen LogP contribution in [0.4, 0.5) is 57.5 Å². The molecular weight excluding hydrogens is 1780 g/mol. The Kier molecular flexibility index (Phi) is 25.7. The van der Waals surface area contributed by atoms with Gasteiger partial charge in [-0.15, -0.1) is 15.3 Å². The number of likely N-dealkylation sites (N-methyl/N-ethyl adjacent to an activating group) is 1. The van der Waals surface area contributed by atoms with Gasteiger partial charge in [-0.25, -0.2) is 0 Å². The van der Waals surface area contributed by atoms with E-state index in [2.05, 4.69) is 203 Å². The molecule has 16 heterocycles. The summed E-state index contributed by atoms with van der Waals surface area (Å²) in [5.74, 6) is 7.21. The van der Waals surface area contributed by atoms with E-state index in [-0.39, 0.29) is 6.10 Å². The van der Waals surface area contributed by atoms with Crippen LogP contribution in [0.1, 0.15) is 74.7 Å². The van der Waals surface area contributed by atoms with E-state index >= 15 is 0 Å². The highest BCUT2D eigenvalue weighted by atomic mass is 16.5. The molecule has 1 fully saturated rings. The van der Waals surface area contributed by atoms with Crippen molar-refractivity contribution in [3.63, 3.8) is 0 Å². The van der Waals surface area contributed by atoms with Gasteiger partial charge < -0.3 is 55.2 Å². The van der Waals surface area contributed by atoms with Crippen LogP contribution in [0.2, 0.25) is 0 Å². The summed E-state index contributed by atoms with van der Waals surface area (Å²) in [7, 11) is 11.8. The molecule has 3 aliphatic rings. The van der Waals surface area contributed by atoms with Crippen LogP contribution in [-0.2, 0) is 35.2 Å². The molecule has 141 heavy (non-hydrogen) atoms. The molecule has 0 bridgehead atoms. The number of anilines is 10. The van der Waals surface area contributed by atoms with Crippen molar-refractivity contribution in [2.24, 2.45) is 35.2 Å². The molecule has 0 radical (unpaired) electrons. The van der Waals surface area contributed by atoms with E-state index in [1.54, 1.807) is 35.7 Å². The lowest BCUT2D eigenvalue weighted by Gasteiger charge is -2.21. The first-order valence-corrected chi connectivity index (χ1v) is 46.9. The first-order chi connectivity index (χ1) is 69.2. The second kappa shape index (κ2) is 40.5. The highest BCUT2D eigenvalue weighted by molar-refractivity contribution is 5.99. The number of allylic oxidation sites excluding steroid dienone is 4. The van der Waals surface area contributed by atoms with Crippen molar-refractivity contribution >= 4 is 178 Å². The number of nitrogens with one attached hydrogen (secondary N) is 10. The van der Waals surface area contributed by atoms with Gasteiger partial charge in [-0.3, -0.25) is 73.8 Å². The molecule has 1 aliphatic heterocycles. The number of rotatable bonds is 25. The van der Waals surface area contributed by atoms with Crippen molar-refractivity contribution in [3.05, 3.63) is 279 Å². The molecule has 22 aromatic rings. The normalized spacial score (nSPS) is 13.1. The zero-order valence-corrected chi connectivity index (χ0v) is 78.7. The van der Waals surface area contributed by atoms with Crippen LogP contribution in [-0.4, -0.2) is 176 Å². The van der Waals surface area contributed by atoms with Crippen molar-refractivity contribution in [2.75, 3.05) is 66.6 Å². The zero-order valence-electron chi connectivity index (χ0n) is 78.7. The number of aromatic amines is 5. The standard InChI is InChI=1S/2C23H22N6O2.C20H19N7.C20H22N6O.C19H18N6/c1-15-6-3-4-8-20(15)30-12-13-31-23-17-10-9-16(14-19(17)29(2)28-23)25-22-21-18(26-27-22)7-5-11-24-21;1-29-20-15-16(25-22-21-19(26-27-22)9-5-12-24-21)10-11-18(20)23(28-29)31-14-6-13-30-17-7-3-2-4-8-17;1-26-10-4-5-13(12-26)18-15-8-7-14(11-17(15)27(2)25-18)22-20-19-16(23-24-20)6-3-9-21-19;1-26-17-12-13(22-19-18-16(23-24-19)8-5-11-21-18)9-10-15(17)20(25-26)27-14-6-3-2-4-7-14;1-25-16-11-13(21-19-18-15(22-23-19)7-4-10-20-18)8-9-14(16)17(24-25)12-5-2-3-6-12/h3-11,14H,12-13H2,1-2H3,(H2,25,26,27);2-5,7-12,15H,6,13-14H2,1H3,(H2,25,26,27);3-11H,12H2,1-2H3,(H2,22,23,24);5,8-12,14H,2-4,6-7H2,1H3,(H2,22,23,24);4-5,7-11H,2-3,6H2,1H3,(H2,21,22,23). The van der Waals surface area contributed by atoms with E-state index in [1.807, 2.05) is 219 Å². The maximum absolute atomic E-state index is 6.21. The smallest absolute Gasteiger partial charge is 0.241 e. The average molecular weight is 1880 g/mol. The molecule has 0 spiro atoms. The zero-order chi connectivity index (χ0) is 95.7. The molecule has 708 valence electrons. The highest BCUT2D eigenvalue weighted by Crippen LogP contribution is 2.39. The summed E-state index contributed by atoms with van der Waals surface area (Å²) in [5.41, 5.74) is 24.2. The Bertz CT molecular complexity index is 8330. The van der Waals surface area contributed by atoms with E-state index < -0.39 is 0 Å². The summed E-state index contributed by atoms with van der Waals surface area (Å²) in [4.78, 5) is 24.1. The maximum Gasteiger partial charge on any atom is 0.241 e. The first kappa shape index (κ1) is 89.5. The Balaban J connectivity index is 0.000000105. The Morgan fingerprint density at radius 1 is 0.355 bits per heavy atom. The van der Waals surface area contributed by atoms with Crippen molar-refractivity contribution in [1.29, 1.82) is 0 Å². The number of hydrogen-bond acceptors (Lipinski definition) is 26. The summed E-state index contributed by atoms with van der Waals surface area (Å²) in [6, 6.07) is 67.7. The van der Waals surface area contributed by atoms with Crippen molar-refractivity contribution in [1.82, 2.24) is 130 Å². The predicted molar refractivity (Wildman–Crippen MR) is 553 cm³/mol. The van der Waals surface area contributed by atoms with Gasteiger partial charge in [-0.2, -0.15) is 35.7 Å². The Morgan fingerprint density at radius 3 is 1.16 bits per heavy atom. The molecule has 0 amide bonds. The first-order valence-electron chi connectivity index (χ1n) is 46.9. The van der Waals surface area contributed by atoms with Gasteiger partial charge in [0.25, 0.3) is 0 Å². The number of H-pyrrole nitrogens is 5. The molecule has 10 N–H and O–H groups in total. The van der Waals surface area contributed by atoms with Crippen LogP contribution in [0.15, 0.2) is 262 Å². The number of nitrogens with zero attached hydrogens (tertiary/aromatic N) is 21. The minimum Gasteiger partial charge on any atom is -0.493 e. The lowest BCUT2D eigenvalue weighted by atomic mass is 9.98. The van der Waals surface area contributed by atoms with Crippen LogP contribution < -0.4 is 50.3 Å². The fraction of sp³-hybridized carbons (Fsp3) is 0.210. The van der Waals surface area contributed by atoms with Crippen LogP contribution in [0.3, 0.4) is 0 Å². The summed E-state index contributed by atoms with van der Waals surface area (Å²) >= 11 is 0. The molecule has 36 heteroatoms. The van der Waals surface area contributed by atoms with Crippen molar-refractivity contribution < 1.29 is 23.7 Å². The van der Waals surface area contributed by atoms with Gasteiger partial charge in [-0.05, 0) is 251 Å². The van der Waals surface area contributed by atoms with Gasteiger partial charge in [0.05, 0.1) is 95.9 Å². The van der Waals surface area contributed by atoms with E-state index in [0.717, 1.165) is 212 Å². The molecule has 36 nitrogen and oxygen atoms in total. The van der Waals surface area contributed by atoms with Gasteiger partial charge >= 0.3 is 0 Å². The number of ether oxygens (including phenoxy) is 5. The number of aromatic nitrogens is 25. The van der Waals surface area contributed by atoms with Gasteiger partial charge in [-0.1, -0.05) is 55.0 Å². The van der Waals surface area contributed by atoms with E-state index in [1.165, 1.54) is 42.2 Å². The monoisotopic (exact) mass is 1880 g/mol. The topological polar surface area (TPSA) is 406 Å². The minimum atomic E-state index is 0.288. The minimum absolute atomic E-state index is 0.288. The highest BCUT2D eigenvalue weighted by Gasteiger charge is 2.24. The fourth-order valence-electron chi connectivity index (χ4n) is 17.7. The number of aryl methyl sites for hydroxylation is 6. The Labute approximate surface area is 807 Å². The van der Waals surface area contributed by atoms with Gasteiger partial charge in [0.1, 0.15) is 58.4 Å². The lowest BCUT2D eigenvalue weighted by Crippen LogP contribution is -2.19. The van der Waals surface area contributed by atoms with Crippen LogP contribution in [0.25, 0.3) is 121 Å². The number of hydrogen-bond donors (Lipinski definition) is 10. The van der Waals surface area contributed by atoms with Crippen molar-refractivity contribution in [2.45, 2.75) is 70.8 Å². The van der Waals surface area contributed by atoms with Crippen LogP contribution in [0.5, 0.6) is 29.1 Å². The molecule has 25 rings (SSSR count). The van der Waals surface area contributed by atoms with Gasteiger partial charge in [0.15, 0.2) is 29.1 Å². The summed E-state index contributed by atoms with van der Waals surface area (Å²) in [6.45, 7) is 4.86. The van der Waals surface area contributed by atoms with E-state index in [9.17, 15) is 0 Å². The molecule has 1 saturated carbocycles. The second-order valence-electron chi connectivity index (χ2n) is 34.6. The summed E-state index contributed by atoms with van der Waals surface area (Å²) in [6.07, 6.45) is 28.0. The Hall–Kier alpha value is -18.0. The largest absolute Gasteiger partial charge is 0.493 e. The predicted octanol–water partition coefficient (Wildman–Crippen LogP) is 20.7. The number of benzene rings is 7. The molecule has 0 unspecified atom stereocenters. The van der Waals surface area contributed by atoms with E-state index in [4.69, 9.17) is 33.9 Å². The molecule has 0 atom stereocenters. The third-order valence-corrected chi connectivity index (χ3v) is 24.8.